The van der Waals surface area contributed by atoms with Crippen molar-refractivity contribution in [3.63, 3.8) is 0 Å². The van der Waals surface area contributed by atoms with Gasteiger partial charge in [-0.15, -0.1) is 0 Å². The van der Waals surface area contributed by atoms with Crippen molar-refractivity contribution in [3.8, 4) is 0 Å². The number of rotatable bonds is 3. The summed E-state index contributed by atoms with van der Waals surface area (Å²) < 4.78 is 49.8. The van der Waals surface area contributed by atoms with Gasteiger partial charge in [0, 0.05) is 31.8 Å². The molecule has 1 N–H and O–H groups in total. The van der Waals surface area contributed by atoms with Gasteiger partial charge in [-0.2, -0.15) is 0 Å². The third kappa shape index (κ3) is 1.88. The Labute approximate surface area is 67.4 Å². The molecule has 1 aliphatic rings. The van der Waals surface area contributed by atoms with Crippen LogP contribution in [-0.2, 0) is 0 Å². The topological polar surface area (TPSA) is 20.2 Å². The second kappa shape index (κ2) is 2.87. The molecule has 72 valence electrons. The van der Waals surface area contributed by atoms with Gasteiger partial charge in [-0.1, -0.05) is 0 Å². The van der Waals surface area contributed by atoms with E-state index in [1.54, 1.807) is 0 Å². The van der Waals surface area contributed by atoms with E-state index in [1.165, 1.54) is 0 Å². The van der Waals surface area contributed by atoms with E-state index in [2.05, 4.69) is 0 Å². The van der Waals surface area contributed by atoms with Crippen molar-refractivity contribution in [2.45, 2.75) is 31.1 Å². The van der Waals surface area contributed by atoms with Crippen LogP contribution >= 0.6 is 0 Å². The van der Waals surface area contributed by atoms with Crippen LogP contribution in [0.4, 0.5) is 17.6 Å². The molecule has 0 saturated heterocycles. The molecule has 0 bridgehead atoms. The van der Waals surface area contributed by atoms with Crippen molar-refractivity contribution in [1.82, 2.24) is 0 Å². The molecule has 0 spiro atoms. The van der Waals surface area contributed by atoms with E-state index in [9.17, 15) is 17.6 Å². The molecule has 1 rings (SSSR count). The van der Waals surface area contributed by atoms with Gasteiger partial charge in [-0.3, -0.25) is 0 Å². The quantitative estimate of drug-likeness (QED) is 0.669. The second-order valence-electron chi connectivity index (χ2n) is 3.20. The van der Waals surface area contributed by atoms with Crippen molar-refractivity contribution in [2.24, 2.45) is 5.92 Å². The van der Waals surface area contributed by atoms with Crippen molar-refractivity contribution in [1.29, 1.82) is 0 Å². The van der Waals surface area contributed by atoms with Gasteiger partial charge in [0.05, 0.1) is 0 Å². The highest BCUT2D eigenvalue weighted by molar-refractivity contribution is 4.93. The molecule has 0 aromatic heterocycles. The van der Waals surface area contributed by atoms with Crippen LogP contribution in [-0.4, -0.2) is 23.6 Å². The van der Waals surface area contributed by atoms with Crippen LogP contribution < -0.4 is 0 Å². The van der Waals surface area contributed by atoms with Gasteiger partial charge in [-0.05, 0) is 0 Å². The smallest absolute Gasteiger partial charge is 0.253 e. The van der Waals surface area contributed by atoms with Gasteiger partial charge in [0.2, 0.25) is 5.92 Å². The summed E-state index contributed by atoms with van der Waals surface area (Å²) in [5.41, 5.74) is 0. The average molecular weight is 186 g/mol. The molecule has 0 aliphatic heterocycles. The Morgan fingerprint density at radius 2 is 1.83 bits per heavy atom. The molecule has 1 aliphatic carbocycles. The Morgan fingerprint density at radius 3 is 2.17 bits per heavy atom. The molecule has 0 radical (unpaired) electrons. The Hall–Kier alpha value is -0.320. The van der Waals surface area contributed by atoms with Crippen molar-refractivity contribution in [2.75, 3.05) is 6.61 Å². The van der Waals surface area contributed by atoms with Crippen LogP contribution in [0.1, 0.15) is 19.3 Å². The van der Waals surface area contributed by atoms with Gasteiger partial charge < -0.3 is 5.11 Å². The third-order valence-corrected chi connectivity index (χ3v) is 2.13. The second-order valence-corrected chi connectivity index (χ2v) is 3.20. The van der Waals surface area contributed by atoms with E-state index in [1.807, 2.05) is 0 Å². The molecule has 1 fully saturated rings. The number of aliphatic hydroxyl groups excluding tert-OH is 1. The predicted octanol–water partition coefficient (Wildman–Crippen LogP) is 2.05. The van der Waals surface area contributed by atoms with E-state index in [0.29, 0.717) is 0 Å². The molecular weight excluding hydrogens is 176 g/mol. The SMILES string of the molecule is OCCC(F)(F)C1CC(F)(F)C1. The van der Waals surface area contributed by atoms with E-state index in [4.69, 9.17) is 5.11 Å². The lowest BCUT2D eigenvalue weighted by Crippen LogP contribution is -2.46. The van der Waals surface area contributed by atoms with Gasteiger partial charge >= 0.3 is 0 Å². The Balaban J connectivity index is 2.40. The van der Waals surface area contributed by atoms with Gasteiger partial charge in [-0.25, -0.2) is 17.6 Å². The molecule has 0 amide bonds. The summed E-state index contributed by atoms with van der Waals surface area (Å²) in [5, 5.41) is 8.23. The first kappa shape index (κ1) is 9.77. The summed E-state index contributed by atoms with van der Waals surface area (Å²) in [5.74, 6) is -7.29. The van der Waals surface area contributed by atoms with Crippen LogP contribution in [0.2, 0.25) is 0 Å². The first-order valence-corrected chi connectivity index (χ1v) is 3.74. The standard InChI is InChI=1S/C7H10F4O/c8-6(9)3-5(4-6)7(10,11)1-2-12/h5,12H,1-4H2. The molecule has 0 unspecified atom stereocenters. The van der Waals surface area contributed by atoms with Gasteiger partial charge in [0.25, 0.3) is 5.92 Å². The number of aliphatic hydroxyl groups is 1. The van der Waals surface area contributed by atoms with E-state index >= 15 is 0 Å². The fourth-order valence-electron chi connectivity index (χ4n) is 1.31. The number of hydrogen-bond acceptors (Lipinski definition) is 1. The number of halogens is 4. The first-order valence-electron chi connectivity index (χ1n) is 3.74. The monoisotopic (exact) mass is 186 g/mol. The summed E-state index contributed by atoms with van der Waals surface area (Å²) >= 11 is 0. The zero-order valence-electron chi connectivity index (χ0n) is 6.36. The maximum absolute atomic E-state index is 12.7. The minimum atomic E-state index is -3.13. The zero-order chi connectivity index (χ0) is 9.41. The van der Waals surface area contributed by atoms with E-state index in [0.717, 1.165) is 0 Å². The minimum absolute atomic E-state index is 0.658. The number of alkyl halides is 4. The maximum atomic E-state index is 12.7. The molecule has 1 nitrogen and oxygen atoms in total. The van der Waals surface area contributed by atoms with Gasteiger partial charge in [0.1, 0.15) is 0 Å². The molecule has 0 atom stereocenters. The lowest BCUT2D eigenvalue weighted by molar-refractivity contribution is -0.197. The van der Waals surface area contributed by atoms with Crippen LogP contribution in [0, 0.1) is 5.92 Å². The average Bonchev–Trinajstić information content (AvgIpc) is 1.82. The number of hydrogen-bond donors (Lipinski definition) is 1. The first-order chi connectivity index (χ1) is 5.37. The van der Waals surface area contributed by atoms with Crippen molar-refractivity contribution < 1.29 is 22.7 Å². The zero-order valence-corrected chi connectivity index (χ0v) is 6.36. The van der Waals surface area contributed by atoms with Gasteiger partial charge in [0.15, 0.2) is 0 Å². The minimum Gasteiger partial charge on any atom is -0.396 e. The maximum Gasteiger partial charge on any atom is 0.253 e. The summed E-state index contributed by atoms with van der Waals surface area (Å²) in [6.07, 6.45) is -2.21. The normalized spacial score (nSPS) is 23.8. The van der Waals surface area contributed by atoms with Crippen LogP contribution in [0.25, 0.3) is 0 Å². The molecule has 0 heterocycles. The molecule has 0 aromatic rings. The molecule has 12 heavy (non-hydrogen) atoms. The van der Waals surface area contributed by atoms with Crippen LogP contribution in [0.3, 0.4) is 0 Å². The molecule has 0 aromatic carbocycles. The highest BCUT2D eigenvalue weighted by Crippen LogP contribution is 2.50. The van der Waals surface area contributed by atoms with Crippen molar-refractivity contribution >= 4 is 0 Å². The molecule has 1 saturated carbocycles. The highest BCUT2D eigenvalue weighted by atomic mass is 19.3. The fourth-order valence-corrected chi connectivity index (χ4v) is 1.31. The summed E-state index contributed by atoms with van der Waals surface area (Å²) in [7, 11) is 0. The Kier molecular flexibility index (Phi) is 2.33. The summed E-state index contributed by atoms with van der Waals surface area (Å²) in [6, 6.07) is 0. The molecule has 5 heteroatoms. The fraction of sp³-hybridized carbons (Fsp3) is 1.00. The van der Waals surface area contributed by atoms with Crippen molar-refractivity contribution in [3.05, 3.63) is 0 Å². The summed E-state index contributed by atoms with van der Waals surface area (Å²) in [6.45, 7) is -0.658. The lowest BCUT2D eigenvalue weighted by atomic mass is 9.76. The Bertz CT molecular complexity index is 161. The highest BCUT2D eigenvalue weighted by Gasteiger charge is 2.55. The van der Waals surface area contributed by atoms with Crippen LogP contribution in [0.15, 0.2) is 0 Å². The lowest BCUT2D eigenvalue weighted by Gasteiger charge is -2.39. The predicted molar refractivity (Wildman–Crippen MR) is 34.3 cm³/mol. The largest absolute Gasteiger partial charge is 0.396 e. The Morgan fingerprint density at radius 1 is 1.33 bits per heavy atom. The third-order valence-electron chi connectivity index (χ3n) is 2.13. The molecular formula is C7H10F4O. The van der Waals surface area contributed by atoms with E-state index < -0.39 is 43.6 Å². The summed E-state index contributed by atoms with van der Waals surface area (Å²) in [4.78, 5) is 0. The van der Waals surface area contributed by atoms with E-state index in [-0.39, 0.29) is 0 Å². The van der Waals surface area contributed by atoms with Crippen LogP contribution in [0.5, 0.6) is 0 Å².